The van der Waals surface area contributed by atoms with Gasteiger partial charge in [0.2, 0.25) is 0 Å². The summed E-state index contributed by atoms with van der Waals surface area (Å²) in [6.07, 6.45) is 2.12. The standard InChI is InChI=1S/C19H25NO6/c1-2-3-10-22-16-12-15(24-18(21)13-7-5-4-6-8-13)17-14-9-11-23-19(14)26-20(17)25-16/h4-8,14-17,19H,2-3,9-12H2,1H3/t14-,15+,16+,17-,19+/m0/s1. The van der Waals surface area contributed by atoms with Crippen molar-refractivity contribution in [1.29, 1.82) is 0 Å². The van der Waals surface area contributed by atoms with Gasteiger partial charge in [0, 0.05) is 18.9 Å². The number of benzene rings is 1. The number of ether oxygens (including phenoxy) is 3. The van der Waals surface area contributed by atoms with Crippen LogP contribution in [0.25, 0.3) is 0 Å². The van der Waals surface area contributed by atoms with Gasteiger partial charge in [-0.1, -0.05) is 36.8 Å². The second kappa shape index (κ2) is 8.02. The van der Waals surface area contributed by atoms with Crippen LogP contribution >= 0.6 is 0 Å². The Labute approximate surface area is 153 Å². The number of esters is 1. The molecule has 0 radical (unpaired) electrons. The van der Waals surface area contributed by atoms with Crippen molar-refractivity contribution in [2.75, 3.05) is 13.2 Å². The highest BCUT2D eigenvalue weighted by Gasteiger charge is 2.56. The van der Waals surface area contributed by atoms with E-state index in [9.17, 15) is 4.79 Å². The van der Waals surface area contributed by atoms with Crippen LogP contribution in [0.15, 0.2) is 30.3 Å². The summed E-state index contributed by atoms with van der Waals surface area (Å²) >= 11 is 0. The van der Waals surface area contributed by atoms with Crippen molar-refractivity contribution >= 4 is 5.97 Å². The minimum atomic E-state index is -0.495. The van der Waals surface area contributed by atoms with Crippen LogP contribution in [0.5, 0.6) is 0 Å². The molecule has 3 fully saturated rings. The van der Waals surface area contributed by atoms with Gasteiger partial charge < -0.3 is 14.2 Å². The number of fused-ring (bicyclic) bond motifs is 3. The van der Waals surface area contributed by atoms with E-state index in [0.29, 0.717) is 25.2 Å². The highest BCUT2D eigenvalue weighted by molar-refractivity contribution is 5.89. The van der Waals surface area contributed by atoms with Crippen LogP contribution in [0.1, 0.15) is 43.0 Å². The third kappa shape index (κ3) is 3.63. The molecule has 142 valence electrons. The fraction of sp³-hybridized carbons (Fsp3) is 0.632. The maximum absolute atomic E-state index is 12.6. The van der Waals surface area contributed by atoms with Gasteiger partial charge in [-0.25, -0.2) is 14.5 Å². The van der Waals surface area contributed by atoms with Crippen molar-refractivity contribution in [2.24, 2.45) is 5.92 Å². The van der Waals surface area contributed by atoms with Gasteiger partial charge in [0.1, 0.15) is 12.1 Å². The molecule has 0 aliphatic carbocycles. The number of carbonyl (C=O) groups is 1. The first-order chi connectivity index (χ1) is 12.8. The summed E-state index contributed by atoms with van der Waals surface area (Å²) < 4.78 is 17.3. The molecule has 1 aromatic carbocycles. The van der Waals surface area contributed by atoms with Crippen LogP contribution in [0.3, 0.4) is 0 Å². The lowest BCUT2D eigenvalue weighted by atomic mass is 9.92. The summed E-state index contributed by atoms with van der Waals surface area (Å²) in [7, 11) is 0. The molecule has 3 aliphatic heterocycles. The van der Waals surface area contributed by atoms with Crippen molar-refractivity contribution in [3.05, 3.63) is 35.9 Å². The summed E-state index contributed by atoms with van der Waals surface area (Å²) in [4.78, 5) is 24.2. The molecule has 0 unspecified atom stereocenters. The van der Waals surface area contributed by atoms with E-state index in [2.05, 4.69) is 6.92 Å². The molecule has 3 aliphatic rings. The number of hydroxylamine groups is 2. The molecule has 1 aromatic rings. The Hall–Kier alpha value is -1.51. The van der Waals surface area contributed by atoms with E-state index in [1.54, 1.807) is 12.1 Å². The zero-order chi connectivity index (χ0) is 17.9. The first-order valence-electron chi connectivity index (χ1n) is 9.38. The number of unbranched alkanes of at least 4 members (excludes halogenated alkanes) is 1. The highest BCUT2D eigenvalue weighted by Crippen LogP contribution is 2.42. The Bertz CT molecular complexity index is 611. The zero-order valence-electron chi connectivity index (χ0n) is 14.9. The molecule has 0 amide bonds. The van der Waals surface area contributed by atoms with Crippen molar-refractivity contribution in [2.45, 2.75) is 57.3 Å². The van der Waals surface area contributed by atoms with Gasteiger partial charge in [-0.15, -0.1) is 0 Å². The van der Waals surface area contributed by atoms with E-state index in [0.717, 1.165) is 19.3 Å². The van der Waals surface area contributed by atoms with Crippen molar-refractivity contribution in [1.82, 2.24) is 5.23 Å². The van der Waals surface area contributed by atoms with Crippen LogP contribution in [-0.2, 0) is 23.9 Å². The Morgan fingerprint density at radius 3 is 2.92 bits per heavy atom. The zero-order valence-corrected chi connectivity index (χ0v) is 14.9. The smallest absolute Gasteiger partial charge is 0.338 e. The largest absolute Gasteiger partial charge is 0.457 e. The van der Waals surface area contributed by atoms with Crippen LogP contribution < -0.4 is 0 Å². The maximum Gasteiger partial charge on any atom is 0.338 e. The maximum atomic E-state index is 12.6. The predicted molar refractivity (Wildman–Crippen MR) is 90.6 cm³/mol. The van der Waals surface area contributed by atoms with E-state index in [-0.39, 0.29) is 30.3 Å². The minimum absolute atomic E-state index is 0.125. The number of carbonyl (C=O) groups excluding carboxylic acids is 1. The number of hydrogen-bond donors (Lipinski definition) is 0. The predicted octanol–water partition coefficient (Wildman–Crippen LogP) is 2.67. The molecule has 0 bridgehead atoms. The van der Waals surface area contributed by atoms with Crippen molar-refractivity contribution < 1.29 is 28.7 Å². The number of rotatable bonds is 6. The summed E-state index contributed by atoms with van der Waals surface area (Å²) in [5, 5.41) is 1.44. The van der Waals surface area contributed by atoms with Gasteiger partial charge in [-0.05, 0) is 25.0 Å². The van der Waals surface area contributed by atoms with E-state index < -0.39 is 6.29 Å². The normalized spacial score (nSPS) is 33.7. The first kappa shape index (κ1) is 17.9. The lowest BCUT2D eigenvalue weighted by molar-refractivity contribution is -0.457. The molecule has 7 nitrogen and oxygen atoms in total. The Kier molecular flexibility index (Phi) is 5.52. The van der Waals surface area contributed by atoms with Gasteiger partial charge in [0.05, 0.1) is 12.2 Å². The number of nitrogens with zero attached hydrogens (tertiary/aromatic N) is 1. The van der Waals surface area contributed by atoms with Gasteiger partial charge in [-0.2, -0.15) is 0 Å². The lowest BCUT2D eigenvalue weighted by Crippen LogP contribution is -2.52. The number of hydrogen-bond acceptors (Lipinski definition) is 7. The quantitative estimate of drug-likeness (QED) is 0.569. The average Bonchev–Trinajstić information content (AvgIpc) is 3.23. The van der Waals surface area contributed by atoms with Gasteiger partial charge in [-0.3, -0.25) is 0 Å². The molecule has 0 saturated carbocycles. The van der Waals surface area contributed by atoms with E-state index >= 15 is 0 Å². The van der Waals surface area contributed by atoms with E-state index in [4.69, 9.17) is 23.9 Å². The van der Waals surface area contributed by atoms with Crippen LogP contribution in [0.4, 0.5) is 0 Å². The molecule has 7 heteroatoms. The summed E-state index contributed by atoms with van der Waals surface area (Å²) in [5.74, 6) is -0.215. The molecule has 0 spiro atoms. The molecule has 3 saturated heterocycles. The van der Waals surface area contributed by atoms with Crippen LogP contribution in [0.2, 0.25) is 0 Å². The minimum Gasteiger partial charge on any atom is -0.457 e. The SMILES string of the molecule is CCCCO[C@H]1C[C@@H](OC(=O)c2ccccc2)[C@@H]2[C@@H]3CCO[C@@H]3ON2O1. The van der Waals surface area contributed by atoms with Crippen LogP contribution in [0, 0.1) is 5.92 Å². The summed E-state index contributed by atoms with van der Waals surface area (Å²) in [6.45, 7) is 3.35. The van der Waals surface area contributed by atoms with Gasteiger partial charge >= 0.3 is 5.97 Å². The third-order valence-corrected chi connectivity index (χ3v) is 5.07. The van der Waals surface area contributed by atoms with E-state index in [1.165, 1.54) is 5.23 Å². The first-order valence-corrected chi connectivity index (χ1v) is 9.38. The molecule has 4 rings (SSSR count). The Morgan fingerprint density at radius 2 is 2.12 bits per heavy atom. The molecule has 0 N–H and O–H groups in total. The molecular weight excluding hydrogens is 338 g/mol. The summed E-state index contributed by atoms with van der Waals surface area (Å²) in [5.41, 5.74) is 0.534. The van der Waals surface area contributed by atoms with Crippen molar-refractivity contribution in [3.63, 3.8) is 0 Å². The molecule has 0 aromatic heterocycles. The Balaban J connectivity index is 1.47. The topological polar surface area (TPSA) is 66.5 Å². The molecule has 3 heterocycles. The van der Waals surface area contributed by atoms with Gasteiger partial charge in [0.15, 0.2) is 12.6 Å². The van der Waals surface area contributed by atoms with E-state index in [1.807, 2.05) is 18.2 Å². The molecule has 26 heavy (non-hydrogen) atoms. The van der Waals surface area contributed by atoms with Crippen LogP contribution in [-0.4, -0.2) is 49.1 Å². The molecular formula is C19H25NO6. The van der Waals surface area contributed by atoms with Crippen molar-refractivity contribution in [3.8, 4) is 0 Å². The fourth-order valence-electron chi connectivity index (χ4n) is 3.70. The third-order valence-electron chi connectivity index (χ3n) is 5.07. The second-order valence-corrected chi connectivity index (χ2v) is 6.88. The highest BCUT2D eigenvalue weighted by atomic mass is 17.0. The monoisotopic (exact) mass is 363 g/mol. The molecule has 5 atom stereocenters. The van der Waals surface area contributed by atoms with Gasteiger partial charge in [0.25, 0.3) is 0 Å². The lowest BCUT2D eigenvalue weighted by Gasteiger charge is -2.38. The average molecular weight is 363 g/mol. The fourth-order valence-corrected chi connectivity index (χ4v) is 3.70. The second-order valence-electron chi connectivity index (χ2n) is 6.88. The summed E-state index contributed by atoms with van der Waals surface area (Å²) in [6, 6.07) is 8.84. The Morgan fingerprint density at radius 1 is 1.27 bits per heavy atom.